The van der Waals surface area contributed by atoms with E-state index < -0.39 is 0 Å². The molecule has 0 saturated carbocycles. The van der Waals surface area contributed by atoms with E-state index in [2.05, 4.69) is 30.4 Å². The van der Waals surface area contributed by atoms with Gasteiger partial charge in [-0.25, -0.2) is 9.98 Å². The zero-order valence-corrected chi connectivity index (χ0v) is 18.0. The molecule has 0 fully saturated rings. The molecular weight excluding hydrogens is 366 g/mol. The Morgan fingerprint density at radius 3 is 2.59 bits per heavy atom. The molecule has 1 aromatic carbocycles. The van der Waals surface area contributed by atoms with Crippen molar-refractivity contribution in [1.29, 1.82) is 0 Å². The quantitative estimate of drug-likeness (QED) is 0.696. The second-order valence-electron chi connectivity index (χ2n) is 7.32. The molecule has 7 heteroatoms. The van der Waals surface area contributed by atoms with Gasteiger partial charge < -0.3 is 9.64 Å². The summed E-state index contributed by atoms with van der Waals surface area (Å²) in [7, 11) is 1.63. The van der Waals surface area contributed by atoms with E-state index in [0.717, 1.165) is 24.5 Å². The lowest BCUT2D eigenvalue weighted by molar-refractivity contribution is 0.416. The molecule has 0 spiro atoms. The van der Waals surface area contributed by atoms with Crippen LogP contribution in [0.1, 0.15) is 44.9 Å². The van der Waals surface area contributed by atoms with Gasteiger partial charge in [0.25, 0.3) is 5.56 Å². The van der Waals surface area contributed by atoms with Crippen LogP contribution in [-0.2, 0) is 0 Å². The number of hydrogen-bond acceptors (Lipinski definition) is 5. The van der Waals surface area contributed by atoms with E-state index in [-0.39, 0.29) is 11.5 Å². The van der Waals surface area contributed by atoms with E-state index in [1.165, 1.54) is 4.52 Å². The summed E-state index contributed by atoms with van der Waals surface area (Å²) in [6, 6.07) is 5.92. The SMILES string of the molecule is C=c1[nH]n2c(=O)c(C)c(C(C)C)nc2c1=Nc1ccc(N(CC)CC)cc1OC. The molecule has 2 aromatic heterocycles. The molecule has 29 heavy (non-hydrogen) atoms. The molecule has 0 atom stereocenters. The molecule has 7 nitrogen and oxygen atoms in total. The highest BCUT2D eigenvalue weighted by atomic mass is 16.5. The van der Waals surface area contributed by atoms with Crippen LogP contribution in [-0.4, -0.2) is 34.8 Å². The van der Waals surface area contributed by atoms with Gasteiger partial charge in [-0.15, -0.1) is 0 Å². The first-order valence-corrected chi connectivity index (χ1v) is 9.94. The Morgan fingerprint density at radius 2 is 2.00 bits per heavy atom. The van der Waals surface area contributed by atoms with Gasteiger partial charge in [0.1, 0.15) is 16.8 Å². The van der Waals surface area contributed by atoms with Crippen LogP contribution >= 0.6 is 0 Å². The number of ether oxygens (including phenoxy) is 1. The standard InChI is InChI=1S/C22H29N5O2/c1-8-26(9-2)16-10-11-17(18(12-16)29-7)23-20-15(6)25-27-21(20)24-19(13(3)4)14(5)22(27)28/h10-13,25H,6,8-9H2,1-5,7H3. The second-order valence-corrected chi connectivity index (χ2v) is 7.32. The van der Waals surface area contributed by atoms with Crippen LogP contribution in [0.3, 0.4) is 0 Å². The lowest BCUT2D eigenvalue weighted by atomic mass is 10.1. The number of nitrogens with zero attached hydrogens (tertiary/aromatic N) is 4. The van der Waals surface area contributed by atoms with Gasteiger partial charge in [0.15, 0.2) is 5.65 Å². The topological polar surface area (TPSA) is 75.0 Å². The highest BCUT2D eigenvalue weighted by molar-refractivity contribution is 5.62. The highest BCUT2D eigenvalue weighted by Crippen LogP contribution is 2.31. The van der Waals surface area contributed by atoms with E-state index in [4.69, 9.17) is 14.7 Å². The van der Waals surface area contributed by atoms with Gasteiger partial charge in [0, 0.05) is 30.4 Å². The molecule has 154 valence electrons. The average Bonchev–Trinajstić information content (AvgIpc) is 3.02. The van der Waals surface area contributed by atoms with Crippen molar-refractivity contribution in [2.24, 2.45) is 4.99 Å². The van der Waals surface area contributed by atoms with Gasteiger partial charge in [-0.3, -0.25) is 9.89 Å². The van der Waals surface area contributed by atoms with Gasteiger partial charge in [0.05, 0.1) is 18.2 Å². The normalized spacial score (nSPS) is 12.2. The maximum absolute atomic E-state index is 12.8. The molecule has 0 bridgehead atoms. The number of methoxy groups -OCH3 is 1. The molecule has 0 saturated heterocycles. The van der Waals surface area contributed by atoms with Crippen LogP contribution in [0.25, 0.3) is 12.2 Å². The van der Waals surface area contributed by atoms with Gasteiger partial charge in [-0.05, 0) is 38.8 Å². The Labute approximate surface area is 170 Å². The monoisotopic (exact) mass is 395 g/mol. The number of hydrogen-bond donors (Lipinski definition) is 1. The number of aromatic amines is 1. The third kappa shape index (κ3) is 3.64. The van der Waals surface area contributed by atoms with Crippen LogP contribution in [0.5, 0.6) is 5.75 Å². The van der Waals surface area contributed by atoms with Gasteiger partial charge in [-0.1, -0.05) is 20.4 Å². The minimum atomic E-state index is -0.131. The summed E-state index contributed by atoms with van der Waals surface area (Å²) in [5.74, 6) is 0.790. The van der Waals surface area contributed by atoms with Gasteiger partial charge >= 0.3 is 0 Å². The molecule has 0 amide bonds. The fourth-order valence-corrected chi connectivity index (χ4v) is 3.55. The van der Waals surface area contributed by atoms with Crippen molar-refractivity contribution in [1.82, 2.24) is 14.6 Å². The van der Waals surface area contributed by atoms with E-state index in [1.54, 1.807) is 14.0 Å². The smallest absolute Gasteiger partial charge is 0.275 e. The first kappa shape index (κ1) is 20.6. The van der Waals surface area contributed by atoms with Gasteiger partial charge in [0.2, 0.25) is 0 Å². The molecule has 0 aliphatic heterocycles. The number of anilines is 1. The van der Waals surface area contributed by atoms with Crippen LogP contribution in [0.4, 0.5) is 11.4 Å². The summed E-state index contributed by atoms with van der Waals surface area (Å²) < 4.78 is 7.01. The van der Waals surface area contributed by atoms with Crippen molar-refractivity contribution in [3.05, 3.63) is 50.5 Å². The number of fused-ring (bicyclic) bond motifs is 1. The second kappa shape index (κ2) is 8.11. The van der Waals surface area contributed by atoms with Crippen molar-refractivity contribution in [3.63, 3.8) is 0 Å². The van der Waals surface area contributed by atoms with Crippen molar-refractivity contribution in [2.45, 2.75) is 40.5 Å². The lowest BCUT2D eigenvalue weighted by Crippen LogP contribution is -2.23. The predicted molar refractivity (Wildman–Crippen MR) is 117 cm³/mol. The Hall–Kier alpha value is -3.09. The van der Waals surface area contributed by atoms with Crippen LogP contribution in [0.2, 0.25) is 0 Å². The van der Waals surface area contributed by atoms with Crippen LogP contribution < -0.4 is 25.9 Å². The number of nitrogens with one attached hydrogen (secondary N) is 1. The van der Waals surface area contributed by atoms with E-state index in [9.17, 15) is 4.79 Å². The zero-order valence-electron chi connectivity index (χ0n) is 18.0. The summed E-state index contributed by atoms with van der Waals surface area (Å²) in [6.07, 6.45) is 0. The van der Waals surface area contributed by atoms with Crippen molar-refractivity contribution in [3.8, 4) is 5.75 Å². The third-order valence-electron chi connectivity index (χ3n) is 5.16. The van der Waals surface area contributed by atoms with Crippen LogP contribution in [0, 0.1) is 6.92 Å². The Morgan fingerprint density at radius 1 is 1.31 bits per heavy atom. The number of rotatable bonds is 6. The van der Waals surface area contributed by atoms with Gasteiger partial charge in [-0.2, -0.15) is 4.52 Å². The van der Waals surface area contributed by atoms with Crippen molar-refractivity contribution in [2.75, 3.05) is 25.1 Å². The third-order valence-corrected chi connectivity index (χ3v) is 5.16. The lowest BCUT2D eigenvalue weighted by Gasteiger charge is -2.21. The number of H-pyrrole nitrogens is 1. The molecular formula is C22H29N5O2. The summed E-state index contributed by atoms with van der Waals surface area (Å²) >= 11 is 0. The highest BCUT2D eigenvalue weighted by Gasteiger charge is 2.15. The van der Waals surface area contributed by atoms with E-state index >= 15 is 0 Å². The summed E-state index contributed by atoms with van der Waals surface area (Å²) in [4.78, 5) is 24.5. The number of aromatic nitrogens is 3. The molecule has 3 aromatic rings. The Bertz CT molecular complexity index is 1200. The summed E-state index contributed by atoms with van der Waals surface area (Å²) in [5, 5.41) is 4.07. The van der Waals surface area contributed by atoms with E-state index in [0.29, 0.717) is 33.4 Å². The first-order chi connectivity index (χ1) is 13.8. The van der Waals surface area contributed by atoms with Crippen molar-refractivity contribution < 1.29 is 4.74 Å². The molecule has 2 heterocycles. The Kier molecular flexibility index (Phi) is 5.77. The molecule has 1 N–H and O–H groups in total. The maximum Gasteiger partial charge on any atom is 0.275 e. The average molecular weight is 396 g/mol. The fourth-order valence-electron chi connectivity index (χ4n) is 3.55. The summed E-state index contributed by atoms with van der Waals surface area (Å²) in [6.45, 7) is 15.9. The van der Waals surface area contributed by atoms with E-state index in [1.807, 2.05) is 32.0 Å². The number of benzene rings is 1. The Balaban J connectivity index is 2.27. The molecule has 0 aliphatic rings. The first-order valence-electron chi connectivity index (χ1n) is 9.94. The predicted octanol–water partition coefficient (Wildman–Crippen LogP) is 2.67. The largest absolute Gasteiger partial charge is 0.494 e. The molecule has 0 aliphatic carbocycles. The minimum Gasteiger partial charge on any atom is -0.494 e. The molecule has 0 radical (unpaired) electrons. The molecule has 3 rings (SSSR count). The van der Waals surface area contributed by atoms with Crippen LogP contribution in [0.15, 0.2) is 28.0 Å². The van der Waals surface area contributed by atoms with Crippen molar-refractivity contribution >= 4 is 23.6 Å². The fraction of sp³-hybridized carbons (Fsp3) is 0.409. The molecule has 0 unspecified atom stereocenters. The summed E-state index contributed by atoms with van der Waals surface area (Å²) in [5.41, 5.74) is 3.49. The zero-order chi connectivity index (χ0) is 21.3. The minimum absolute atomic E-state index is 0.131. The maximum atomic E-state index is 12.8.